The maximum Gasteiger partial charge on any atom is 0.260 e. The molecule has 1 fully saturated rings. The number of nitrogens with zero attached hydrogens (tertiary/aromatic N) is 2. The molecule has 0 radical (unpaired) electrons. The molecule has 1 saturated carbocycles. The normalized spacial score (nSPS) is 18.1. The first-order valence-electron chi connectivity index (χ1n) is 13.1. The Balaban J connectivity index is 1.83. The number of carbonyl (C=O) groups is 1. The summed E-state index contributed by atoms with van der Waals surface area (Å²) in [4.78, 5) is 20.0. The van der Waals surface area contributed by atoms with Gasteiger partial charge in [-0.3, -0.25) is 9.78 Å². The fourth-order valence-electron chi connectivity index (χ4n) is 5.38. The average Bonchev–Trinajstić information content (AvgIpc) is 3.37. The molecule has 1 aromatic heterocycles. The number of allylic oxidation sites excluding steroid dienone is 2. The molecule has 5 heteroatoms. The fraction of sp³-hybridized carbons (Fsp3) is 0.600. The number of hydrogen-bond acceptors (Lipinski definition) is 4. The van der Waals surface area contributed by atoms with Gasteiger partial charge in [0.25, 0.3) is 5.91 Å². The highest BCUT2D eigenvalue weighted by Gasteiger charge is 2.34. The molecule has 1 aliphatic carbocycles. The van der Waals surface area contributed by atoms with Crippen LogP contribution in [0.15, 0.2) is 25.0 Å². The number of terminal acetylenes is 1. The first kappa shape index (κ1) is 27.0. The molecule has 3 rings (SSSR count). The average molecular weight is 479 g/mol. The highest BCUT2D eigenvalue weighted by molar-refractivity contribution is 5.77. The molecule has 1 aromatic rings. The molecule has 1 aliphatic heterocycles. The van der Waals surface area contributed by atoms with Crippen LogP contribution in [0.5, 0.6) is 0 Å². The summed E-state index contributed by atoms with van der Waals surface area (Å²) < 4.78 is 11.6. The van der Waals surface area contributed by atoms with Crippen molar-refractivity contribution in [3.63, 3.8) is 0 Å². The third-order valence-corrected chi connectivity index (χ3v) is 7.25. The predicted molar refractivity (Wildman–Crippen MR) is 141 cm³/mol. The van der Waals surface area contributed by atoms with Crippen molar-refractivity contribution in [3.8, 4) is 12.3 Å². The molecule has 1 atom stereocenters. The molecule has 1 amide bonds. The first-order valence-corrected chi connectivity index (χ1v) is 13.1. The van der Waals surface area contributed by atoms with Crippen molar-refractivity contribution in [1.82, 2.24) is 9.88 Å². The first-order chi connectivity index (χ1) is 16.8. The van der Waals surface area contributed by atoms with Gasteiger partial charge in [0, 0.05) is 41.7 Å². The standard InChI is InChI=1S/C30H42N2O3/c1-7-10-18-34-21-28(33)32(17-8-2)22(4)15-16-27-24(9-3)25-19-30(5,6)35-20-26(25)29(31-27)23-13-11-12-14-23/h3,7,10,18,22-23H,1,8,11-17,19-21H2,2,4-6H3/b18-10-. The molecule has 35 heavy (non-hydrogen) atoms. The molecule has 1 unspecified atom stereocenters. The topological polar surface area (TPSA) is 51.7 Å². The number of amides is 1. The number of pyridine rings is 1. The van der Waals surface area contributed by atoms with Crippen molar-refractivity contribution in [2.24, 2.45) is 0 Å². The van der Waals surface area contributed by atoms with Crippen LogP contribution in [0.25, 0.3) is 0 Å². The van der Waals surface area contributed by atoms with Crippen LogP contribution in [0.3, 0.4) is 0 Å². The lowest BCUT2D eigenvalue weighted by Gasteiger charge is -2.35. The van der Waals surface area contributed by atoms with Gasteiger partial charge in [-0.25, -0.2) is 0 Å². The van der Waals surface area contributed by atoms with E-state index in [1.54, 1.807) is 12.2 Å². The zero-order valence-electron chi connectivity index (χ0n) is 22.1. The van der Waals surface area contributed by atoms with Gasteiger partial charge in [-0.2, -0.15) is 0 Å². The van der Waals surface area contributed by atoms with E-state index in [0.29, 0.717) is 19.1 Å². The molecule has 5 nitrogen and oxygen atoms in total. The second-order valence-electron chi connectivity index (χ2n) is 10.5. The molecular weight excluding hydrogens is 436 g/mol. The lowest BCUT2D eigenvalue weighted by Crippen LogP contribution is -2.41. The maximum atomic E-state index is 12.8. The fourth-order valence-corrected chi connectivity index (χ4v) is 5.38. The van der Waals surface area contributed by atoms with Gasteiger partial charge in [0.05, 0.1) is 24.2 Å². The van der Waals surface area contributed by atoms with E-state index < -0.39 is 0 Å². The Bertz CT molecular complexity index is 967. The predicted octanol–water partition coefficient (Wildman–Crippen LogP) is 5.85. The second kappa shape index (κ2) is 12.4. The minimum absolute atomic E-state index is 0.00539. The van der Waals surface area contributed by atoms with Crippen molar-refractivity contribution < 1.29 is 14.3 Å². The minimum Gasteiger partial charge on any atom is -0.491 e. The van der Waals surface area contributed by atoms with Crippen LogP contribution >= 0.6 is 0 Å². The molecule has 190 valence electrons. The van der Waals surface area contributed by atoms with E-state index in [0.717, 1.165) is 36.9 Å². The number of hydrogen-bond donors (Lipinski definition) is 0. The van der Waals surface area contributed by atoms with Gasteiger partial charge in [0.2, 0.25) is 0 Å². The lowest BCUT2D eigenvalue weighted by atomic mass is 9.84. The van der Waals surface area contributed by atoms with Crippen molar-refractivity contribution in [1.29, 1.82) is 0 Å². The number of aryl methyl sites for hydroxylation is 1. The Morgan fingerprint density at radius 1 is 1.37 bits per heavy atom. The van der Waals surface area contributed by atoms with Gasteiger partial charge in [-0.05, 0) is 64.5 Å². The van der Waals surface area contributed by atoms with E-state index in [2.05, 4.69) is 40.2 Å². The van der Waals surface area contributed by atoms with Gasteiger partial charge in [-0.1, -0.05) is 38.3 Å². The summed E-state index contributed by atoms with van der Waals surface area (Å²) in [5.74, 6) is 3.48. The monoisotopic (exact) mass is 478 g/mol. The van der Waals surface area contributed by atoms with Crippen LogP contribution in [-0.4, -0.2) is 40.6 Å². The molecule has 2 heterocycles. The lowest BCUT2D eigenvalue weighted by molar-refractivity contribution is -0.136. The highest BCUT2D eigenvalue weighted by atomic mass is 16.5. The Labute approximate surface area is 212 Å². The van der Waals surface area contributed by atoms with E-state index in [4.69, 9.17) is 20.9 Å². The molecule has 0 saturated heterocycles. The zero-order chi connectivity index (χ0) is 25.4. The zero-order valence-corrected chi connectivity index (χ0v) is 22.1. The number of fused-ring (bicyclic) bond motifs is 1. The Morgan fingerprint density at radius 3 is 2.77 bits per heavy atom. The minimum atomic E-state index is -0.234. The van der Waals surface area contributed by atoms with Crippen LogP contribution in [0.2, 0.25) is 0 Å². The van der Waals surface area contributed by atoms with Crippen LogP contribution < -0.4 is 0 Å². The van der Waals surface area contributed by atoms with E-state index >= 15 is 0 Å². The highest BCUT2D eigenvalue weighted by Crippen LogP contribution is 2.40. The third-order valence-electron chi connectivity index (χ3n) is 7.25. The summed E-state index contributed by atoms with van der Waals surface area (Å²) in [6.07, 6.45) is 19.0. The summed E-state index contributed by atoms with van der Waals surface area (Å²) in [5.41, 5.74) is 5.41. The Hall–Kier alpha value is -2.58. The van der Waals surface area contributed by atoms with Crippen molar-refractivity contribution in [3.05, 3.63) is 53.1 Å². The summed E-state index contributed by atoms with van der Waals surface area (Å²) >= 11 is 0. The van der Waals surface area contributed by atoms with Gasteiger partial charge in [0.15, 0.2) is 6.61 Å². The molecular formula is C30H42N2O3. The van der Waals surface area contributed by atoms with Gasteiger partial charge >= 0.3 is 0 Å². The number of rotatable bonds is 11. The molecule has 0 aromatic carbocycles. The van der Waals surface area contributed by atoms with Gasteiger partial charge < -0.3 is 14.4 Å². The van der Waals surface area contributed by atoms with E-state index in [1.165, 1.54) is 48.8 Å². The molecule has 2 aliphatic rings. The van der Waals surface area contributed by atoms with Crippen LogP contribution in [0, 0.1) is 12.3 Å². The largest absolute Gasteiger partial charge is 0.491 e. The van der Waals surface area contributed by atoms with Crippen LogP contribution in [0.1, 0.15) is 100 Å². The quantitative estimate of drug-likeness (QED) is 0.227. The van der Waals surface area contributed by atoms with Crippen LogP contribution in [0.4, 0.5) is 0 Å². The molecule has 0 bridgehead atoms. The van der Waals surface area contributed by atoms with E-state index in [1.807, 2.05) is 4.90 Å². The van der Waals surface area contributed by atoms with E-state index in [-0.39, 0.29) is 24.2 Å². The summed E-state index contributed by atoms with van der Waals surface area (Å²) in [6, 6.07) is 0.0626. The van der Waals surface area contributed by atoms with Crippen molar-refractivity contribution in [2.75, 3.05) is 13.2 Å². The van der Waals surface area contributed by atoms with Crippen molar-refractivity contribution in [2.45, 2.75) is 103 Å². The third kappa shape index (κ3) is 6.76. The Morgan fingerprint density at radius 2 is 2.11 bits per heavy atom. The summed E-state index contributed by atoms with van der Waals surface area (Å²) in [6.45, 7) is 13.4. The molecule has 0 spiro atoms. The number of ether oxygens (including phenoxy) is 2. The summed E-state index contributed by atoms with van der Waals surface area (Å²) in [7, 11) is 0. The van der Waals surface area contributed by atoms with E-state index in [9.17, 15) is 4.79 Å². The summed E-state index contributed by atoms with van der Waals surface area (Å²) in [5, 5.41) is 0. The SMILES string of the molecule is C#Cc1c(CCC(C)N(CCC)C(=O)CO/C=C\C=C)nc(C2CCCC2)c2c1CC(C)(C)OC2. The second-order valence-corrected chi connectivity index (χ2v) is 10.5. The maximum absolute atomic E-state index is 12.8. The van der Waals surface area contributed by atoms with Crippen LogP contribution in [-0.2, 0) is 33.7 Å². The van der Waals surface area contributed by atoms with Crippen molar-refractivity contribution >= 4 is 5.91 Å². The smallest absolute Gasteiger partial charge is 0.260 e. The number of aromatic nitrogens is 1. The Kier molecular flexibility index (Phi) is 9.57. The molecule has 0 N–H and O–H groups in total. The van der Waals surface area contributed by atoms with Gasteiger partial charge in [-0.15, -0.1) is 6.42 Å². The van der Waals surface area contributed by atoms with Gasteiger partial charge in [0.1, 0.15) is 0 Å². The number of carbonyl (C=O) groups excluding carboxylic acids is 1.